The van der Waals surface area contributed by atoms with Crippen molar-refractivity contribution in [2.45, 2.75) is 45.1 Å². The number of ether oxygens (including phenoxy) is 3. The molecule has 0 saturated heterocycles. The smallest absolute Gasteiger partial charge is 0.256 e. The monoisotopic (exact) mass is 323 g/mol. The van der Waals surface area contributed by atoms with Crippen LogP contribution in [0.5, 0.6) is 5.75 Å². The second-order valence-electron chi connectivity index (χ2n) is 5.71. The summed E-state index contributed by atoms with van der Waals surface area (Å²) in [5, 5.41) is 2.91. The highest BCUT2D eigenvalue weighted by Gasteiger charge is 2.32. The quantitative estimate of drug-likeness (QED) is 0.632. The van der Waals surface area contributed by atoms with Crippen LogP contribution in [-0.2, 0) is 14.3 Å². The molecular weight excluding hydrogens is 294 g/mol. The van der Waals surface area contributed by atoms with Crippen molar-refractivity contribution in [3.05, 3.63) is 24.3 Å². The molecule has 1 unspecified atom stereocenters. The number of nitrogens with one attached hydrogen (secondary N) is 1. The van der Waals surface area contributed by atoms with Crippen molar-refractivity contribution >= 4 is 11.6 Å². The van der Waals surface area contributed by atoms with Crippen molar-refractivity contribution < 1.29 is 19.0 Å². The number of hydrogen-bond donors (Lipinski definition) is 1. The van der Waals surface area contributed by atoms with Gasteiger partial charge in [0.2, 0.25) is 0 Å². The van der Waals surface area contributed by atoms with Gasteiger partial charge < -0.3 is 19.5 Å². The van der Waals surface area contributed by atoms with E-state index >= 15 is 0 Å². The summed E-state index contributed by atoms with van der Waals surface area (Å²) in [6.45, 7) is 5.02. The maximum Gasteiger partial charge on any atom is 0.256 e. The second-order valence-corrected chi connectivity index (χ2v) is 5.71. The SMILES string of the molecule is CCCCCC(C)(OC)C(=O)Nc1ccc(OCCOC)cc1. The highest BCUT2D eigenvalue weighted by atomic mass is 16.5. The zero-order chi connectivity index (χ0) is 17.1. The largest absolute Gasteiger partial charge is 0.491 e. The molecule has 0 saturated carbocycles. The summed E-state index contributed by atoms with van der Waals surface area (Å²) in [6, 6.07) is 7.29. The van der Waals surface area contributed by atoms with Crippen LogP contribution in [0.4, 0.5) is 5.69 Å². The molecule has 0 fully saturated rings. The molecule has 1 atom stereocenters. The topological polar surface area (TPSA) is 56.8 Å². The summed E-state index contributed by atoms with van der Waals surface area (Å²) in [7, 11) is 3.22. The van der Waals surface area contributed by atoms with Gasteiger partial charge in [-0.1, -0.05) is 26.2 Å². The minimum Gasteiger partial charge on any atom is -0.491 e. The lowest BCUT2D eigenvalue weighted by atomic mass is 9.97. The Bertz CT molecular complexity index is 461. The van der Waals surface area contributed by atoms with E-state index < -0.39 is 5.60 Å². The highest BCUT2D eigenvalue weighted by Crippen LogP contribution is 2.22. The van der Waals surface area contributed by atoms with Crippen molar-refractivity contribution in [2.75, 3.05) is 32.8 Å². The molecule has 5 nitrogen and oxygen atoms in total. The molecule has 0 aliphatic heterocycles. The fourth-order valence-corrected chi connectivity index (χ4v) is 2.16. The van der Waals surface area contributed by atoms with Gasteiger partial charge in [-0.2, -0.15) is 0 Å². The highest BCUT2D eigenvalue weighted by molar-refractivity contribution is 5.97. The number of unbranched alkanes of at least 4 members (excludes halogenated alkanes) is 2. The first-order valence-corrected chi connectivity index (χ1v) is 8.14. The molecule has 130 valence electrons. The van der Waals surface area contributed by atoms with E-state index in [-0.39, 0.29) is 5.91 Å². The summed E-state index contributed by atoms with van der Waals surface area (Å²) in [6.07, 6.45) is 3.90. The molecule has 23 heavy (non-hydrogen) atoms. The van der Waals surface area contributed by atoms with E-state index in [4.69, 9.17) is 14.2 Å². The van der Waals surface area contributed by atoms with E-state index in [2.05, 4.69) is 12.2 Å². The Hall–Kier alpha value is -1.59. The molecule has 0 aliphatic rings. The average molecular weight is 323 g/mol. The molecule has 0 bridgehead atoms. The molecule has 0 radical (unpaired) electrons. The summed E-state index contributed by atoms with van der Waals surface area (Å²) in [5.74, 6) is 0.627. The predicted molar refractivity (Wildman–Crippen MR) is 92.0 cm³/mol. The van der Waals surface area contributed by atoms with Crippen LogP contribution in [0.3, 0.4) is 0 Å². The van der Waals surface area contributed by atoms with Gasteiger partial charge in [0, 0.05) is 19.9 Å². The van der Waals surface area contributed by atoms with Crippen molar-refractivity contribution in [1.82, 2.24) is 0 Å². The molecule has 1 aromatic carbocycles. The van der Waals surface area contributed by atoms with Crippen LogP contribution in [0, 0.1) is 0 Å². The molecule has 0 heterocycles. The number of anilines is 1. The van der Waals surface area contributed by atoms with Crippen LogP contribution in [0.2, 0.25) is 0 Å². The van der Waals surface area contributed by atoms with Gasteiger partial charge in [-0.15, -0.1) is 0 Å². The van der Waals surface area contributed by atoms with Crippen molar-refractivity contribution in [1.29, 1.82) is 0 Å². The third kappa shape index (κ3) is 6.59. The van der Waals surface area contributed by atoms with Crippen LogP contribution < -0.4 is 10.1 Å². The van der Waals surface area contributed by atoms with E-state index in [1.165, 1.54) is 0 Å². The lowest BCUT2D eigenvalue weighted by Gasteiger charge is -2.27. The molecule has 5 heteroatoms. The molecule has 1 rings (SSSR count). The van der Waals surface area contributed by atoms with Gasteiger partial charge in [0.05, 0.1) is 6.61 Å². The van der Waals surface area contributed by atoms with Gasteiger partial charge in [-0.3, -0.25) is 4.79 Å². The number of methoxy groups -OCH3 is 2. The average Bonchev–Trinajstić information content (AvgIpc) is 2.56. The standard InChI is InChI=1S/C18H29NO4/c1-5-6-7-12-18(2,22-4)17(20)19-15-8-10-16(11-9-15)23-14-13-21-3/h8-11H,5-7,12-14H2,1-4H3,(H,19,20). The summed E-state index contributed by atoms with van der Waals surface area (Å²) in [4.78, 5) is 12.5. The molecule has 1 N–H and O–H groups in total. The minimum atomic E-state index is -0.803. The molecular formula is C18H29NO4. The van der Waals surface area contributed by atoms with E-state index in [0.29, 0.717) is 19.6 Å². The molecule has 1 amide bonds. The molecule has 0 spiro atoms. The normalized spacial score (nSPS) is 13.4. The maximum atomic E-state index is 12.5. The Morgan fingerprint density at radius 1 is 1.13 bits per heavy atom. The Labute approximate surface area is 139 Å². The Balaban J connectivity index is 2.57. The van der Waals surface area contributed by atoms with Crippen molar-refractivity contribution in [3.8, 4) is 5.75 Å². The van der Waals surface area contributed by atoms with Gasteiger partial charge in [0.1, 0.15) is 18.0 Å². The van der Waals surface area contributed by atoms with E-state index in [9.17, 15) is 4.79 Å². The Morgan fingerprint density at radius 3 is 2.39 bits per heavy atom. The third-order valence-electron chi connectivity index (χ3n) is 3.86. The zero-order valence-electron chi connectivity index (χ0n) is 14.7. The number of rotatable bonds is 11. The number of benzene rings is 1. The number of amides is 1. The zero-order valence-corrected chi connectivity index (χ0v) is 14.7. The number of carbonyl (C=O) groups is 1. The first-order valence-electron chi connectivity index (χ1n) is 8.14. The molecule has 0 aliphatic carbocycles. The predicted octanol–water partition coefficient (Wildman–Crippen LogP) is 3.64. The minimum absolute atomic E-state index is 0.121. The van der Waals surface area contributed by atoms with E-state index in [1.807, 2.05) is 31.2 Å². The van der Waals surface area contributed by atoms with Gasteiger partial charge in [0.25, 0.3) is 5.91 Å². The molecule has 0 aromatic heterocycles. The maximum absolute atomic E-state index is 12.5. The Morgan fingerprint density at radius 2 is 1.83 bits per heavy atom. The van der Waals surface area contributed by atoms with Crippen LogP contribution in [0.25, 0.3) is 0 Å². The first kappa shape index (κ1) is 19.5. The van der Waals surface area contributed by atoms with Crippen LogP contribution >= 0.6 is 0 Å². The van der Waals surface area contributed by atoms with E-state index in [0.717, 1.165) is 30.7 Å². The van der Waals surface area contributed by atoms with Gasteiger partial charge in [-0.05, 0) is 37.6 Å². The van der Waals surface area contributed by atoms with Gasteiger partial charge in [-0.25, -0.2) is 0 Å². The fourth-order valence-electron chi connectivity index (χ4n) is 2.16. The number of hydrogen-bond acceptors (Lipinski definition) is 4. The van der Waals surface area contributed by atoms with Crippen molar-refractivity contribution in [3.63, 3.8) is 0 Å². The van der Waals surface area contributed by atoms with Crippen molar-refractivity contribution in [2.24, 2.45) is 0 Å². The number of carbonyl (C=O) groups excluding carboxylic acids is 1. The Kier molecular flexibility index (Phi) is 8.66. The summed E-state index contributed by atoms with van der Waals surface area (Å²) >= 11 is 0. The lowest BCUT2D eigenvalue weighted by Crippen LogP contribution is -2.41. The van der Waals surface area contributed by atoms with Crippen LogP contribution in [0.15, 0.2) is 24.3 Å². The third-order valence-corrected chi connectivity index (χ3v) is 3.86. The van der Waals surface area contributed by atoms with Gasteiger partial charge >= 0.3 is 0 Å². The molecule has 1 aromatic rings. The van der Waals surface area contributed by atoms with E-state index in [1.54, 1.807) is 14.2 Å². The van der Waals surface area contributed by atoms with Crippen LogP contribution in [0.1, 0.15) is 39.5 Å². The first-order chi connectivity index (χ1) is 11.1. The fraction of sp³-hybridized carbons (Fsp3) is 0.611. The summed E-state index contributed by atoms with van der Waals surface area (Å²) < 4.78 is 15.9. The lowest BCUT2D eigenvalue weighted by molar-refractivity contribution is -0.136. The van der Waals surface area contributed by atoms with Crippen LogP contribution in [-0.4, -0.2) is 38.9 Å². The summed E-state index contributed by atoms with van der Waals surface area (Å²) in [5.41, 5.74) is -0.0733. The second kappa shape index (κ2) is 10.2. The van der Waals surface area contributed by atoms with Gasteiger partial charge in [0.15, 0.2) is 0 Å².